The molecule has 0 radical (unpaired) electrons. The summed E-state index contributed by atoms with van der Waals surface area (Å²) in [5.74, 6) is -1.10. The number of nitrogens with two attached hydrogens (primary N) is 1. The highest BCUT2D eigenvalue weighted by Crippen LogP contribution is 2.22. The van der Waals surface area contributed by atoms with E-state index in [0.29, 0.717) is 23.5 Å². The molecule has 1 atom stereocenters. The zero-order valence-electron chi connectivity index (χ0n) is 12.9. The van der Waals surface area contributed by atoms with Crippen molar-refractivity contribution < 1.29 is 14.7 Å². The van der Waals surface area contributed by atoms with Gasteiger partial charge in [-0.3, -0.25) is 4.79 Å². The first-order valence-corrected chi connectivity index (χ1v) is 8.60. The maximum Gasteiger partial charge on any atom is 0.326 e. The molecule has 1 aromatic rings. The fourth-order valence-electron chi connectivity index (χ4n) is 1.65. The maximum atomic E-state index is 12.1. The number of carboxylic acids is 1. The number of benzene rings is 1. The van der Waals surface area contributed by atoms with E-state index in [1.165, 1.54) is 23.9 Å². The zero-order chi connectivity index (χ0) is 18.1. The van der Waals surface area contributed by atoms with Crippen LogP contribution in [0.2, 0.25) is 5.02 Å². The number of nitrogen functional groups attached to an aromatic ring is 1. The van der Waals surface area contributed by atoms with Gasteiger partial charge in [0.25, 0.3) is 5.91 Å². The molecule has 1 aromatic carbocycles. The number of hydrogen-bond acceptors (Lipinski definition) is 6. The number of halogens is 1. The molecule has 0 saturated heterocycles. The van der Waals surface area contributed by atoms with E-state index < -0.39 is 17.9 Å². The molecule has 1 amide bonds. The molecule has 0 bridgehead atoms. The first kappa shape index (κ1) is 19.7. The lowest BCUT2D eigenvalue weighted by Gasteiger charge is -2.12. The predicted octanol–water partition coefficient (Wildman–Crippen LogP) is 2.06. The lowest BCUT2D eigenvalue weighted by Crippen LogP contribution is -2.34. The molecule has 0 aliphatic carbocycles. The van der Waals surface area contributed by atoms with Gasteiger partial charge in [-0.1, -0.05) is 11.6 Å². The molecule has 0 spiro atoms. The van der Waals surface area contributed by atoms with Gasteiger partial charge in [0.05, 0.1) is 10.7 Å². The topological polar surface area (TPSA) is 128 Å². The molecule has 7 nitrogen and oxygen atoms in total. The summed E-state index contributed by atoms with van der Waals surface area (Å²) in [6, 6.07) is 5.37. The highest BCUT2D eigenvalue weighted by Gasteiger charge is 2.16. The van der Waals surface area contributed by atoms with Crippen molar-refractivity contribution in [2.45, 2.75) is 12.5 Å². The van der Waals surface area contributed by atoms with Gasteiger partial charge in [0, 0.05) is 11.9 Å². The van der Waals surface area contributed by atoms with Crippen molar-refractivity contribution in [1.29, 1.82) is 5.26 Å². The molecule has 9 heteroatoms. The molecular weight excluding hydrogens is 352 g/mol. The Bertz CT molecular complexity index is 688. The third-order valence-corrected chi connectivity index (χ3v) is 3.93. The zero-order valence-corrected chi connectivity index (χ0v) is 14.4. The number of carboxylic acid groups (broad SMARTS) is 1. The van der Waals surface area contributed by atoms with E-state index >= 15 is 0 Å². The van der Waals surface area contributed by atoms with Gasteiger partial charge < -0.3 is 21.5 Å². The fourth-order valence-corrected chi connectivity index (χ4v) is 2.30. The quantitative estimate of drug-likeness (QED) is 0.314. The van der Waals surface area contributed by atoms with Crippen molar-refractivity contribution in [3.05, 3.63) is 35.0 Å². The van der Waals surface area contributed by atoms with Gasteiger partial charge >= 0.3 is 5.97 Å². The standard InChI is InChI=1S/C15H17ClN4O3S/c1-24-5-4-13(15(22)23)19-8-9(7-17)14(21)20-10-2-3-12(18)11(16)6-10/h2-3,6,8,13,19H,4-5,18H2,1H3,(H,20,21)(H,22,23)/b9-8-. The van der Waals surface area contributed by atoms with Crippen molar-refractivity contribution in [2.75, 3.05) is 23.1 Å². The second-order valence-corrected chi connectivity index (χ2v) is 6.09. The molecule has 24 heavy (non-hydrogen) atoms. The van der Waals surface area contributed by atoms with E-state index in [1.54, 1.807) is 12.1 Å². The summed E-state index contributed by atoms with van der Waals surface area (Å²) >= 11 is 7.37. The first-order chi connectivity index (χ1) is 11.4. The van der Waals surface area contributed by atoms with E-state index in [-0.39, 0.29) is 10.6 Å². The second kappa shape index (κ2) is 9.70. The number of aliphatic carboxylic acids is 1. The van der Waals surface area contributed by atoms with E-state index in [0.717, 1.165) is 6.20 Å². The van der Waals surface area contributed by atoms with Crippen LogP contribution in [0.1, 0.15) is 6.42 Å². The van der Waals surface area contributed by atoms with Crippen LogP contribution in [0.15, 0.2) is 30.0 Å². The summed E-state index contributed by atoms with van der Waals surface area (Å²) in [5.41, 5.74) is 6.07. The Morgan fingerprint density at radius 3 is 2.79 bits per heavy atom. The minimum Gasteiger partial charge on any atom is -0.480 e. The van der Waals surface area contributed by atoms with Gasteiger partial charge in [0.15, 0.2) is 0 Å². The molecule has 128 valence electrons. The Kier molecular flexibility index (Phi) is 7.95. The van der Waals surface area contributed by atoms with Crippen LogP contribution in [0.5, 0.6) is 0 Å². The second-order valence-electron chi connectivity index (χ2n) is 4.70. The van der Waals surface area contributed by atoms with Crippen LogP contribution in [0.25, 0.3) is 0 Å². The van der Waals surface area contributed by atoms with E-state index in [2.05, 4.69) is 10.6 Å². The number of rotatable bonds is 8. The van der Waals surface area contributed by atoms with Gasteiger partial charge in [0.2, 0.25) is 0 Å². The number of carbonyl (C=O) groups excluding carboxylic acids is 1. The number of nitrogens with zero attached hydrogens (tertiary/aromatic N) is 1. The van der Waals surface area contributed by atoms with Crippen molar-refractivity contribution in [1.82, 2.24) is 5.32 Å². The predicted molar refractivity (Wildman–Crippen MR) is 95.7 cm³/mol. The Morgan fingerprint density at radius 1 is 1.54 bits per heavy atom. The molecule has 0 heterocycles. The number of nitrogens with one attached hydrogen (secondary N) is 2. The number of nitriles is 1. The molecular formula is C15H17ClN4O3S. The Hall–Kier alpha value is -2.37. The monoisotopic (exact) mass is 368 g/mol. The van der Waals surface area contributed by atoms with Crippen LogP contribution < -0.4 is 16.4 Å². The smallest absolute Gasteiger partial charge is 0.326 e. The maximum absolute atomic E-state index is 12.1. The van der Waals surface area contributed by atoms with Crippen molar-refractivity contribution in [3.8, 4) is 6.07 Å². The minimum absolute atomic E-state index is 0.252. The van der Waals surface area contributed by atoms with E-state index in [1.807, 2.05) is 6.26 Å². The summed E-state index contributed by atoms with van der Waals surface area (Å²) in [4.78, 5) is 23.2. The first-order valence-electron chi connectivity index (χ1n) is 6.83. The highest BCUT2D eigenvalue weighted by atomic mass is 35.5. The summed E-state index contributed by atoms with van der Waals surface area (Å²) in [7, 11) is 0. The fraction of sp³-hybridized carbons (Fsp3) is 0.267. The lowest BCUT2D eigenvalue weighted by molar-refractivity contribution is -0.139. The normalized spacial score (nSPS) is 12.1. The van der Waals surface area contributed by atoms with E-state index in [9.17, 15) is 9.59 Å². The molecule has 0 saturated carbocycles. The molecule has 1 unspecified atom stereocenters. The van der Waals surface area contributed by atoms with Gasteiger partial charge in [-0.15, -0.1) is 0 Å². The van der Waals surface area contributed by atoms with Crippen LogP contribution in [-0.2, 0) is 9.59 Å². The van der Waals surface area contributed by atoms with Crippen LogP contribution in [0.3, 0.4) is 0 Å². The molecule has 0 fully saturated rings. The number of thioether (sulfide) groups is 1. The molecule has 5 N–H and O–H groups in total. The number of amides is 1. The Balaban J connectivity index is 2.79. The van der Waals surface area contributed by atoms with Crippen molar-refractivity contribution in [2.24, 2.45) is 0 Å². The van der Waals surface area contributed by atoms with Crippen molar-refractivity contribution >= 4 is 46.6 Å². The summed E-state index contributed by atoms with van der Waals surface area (Å²) in [5, 5.41) is 23.5. The SMILES string of the molecule is CSCCC(N/C=C(/C#N)C(=O)Nc1ccc(N)c(Cl)c1)C(=O)O. The molecule has 1 rings (SSSR count). The number of anilines is 2. The number of carbonyl (C=O) groups is 2. The molecule has 0 aliphatic rings. The van der Waals surface area contributed by atoms with Gasteiger partial charge in [0.1, 0.15) is 17.7 Å². The molecule has 0 aliphatic heterocycles. The summed E-state index contributed by atoms with van der Waals surface area (Å²) in [6.45, 7) is 0. The average molecular weight is 369 g/mol. The lowest BCUT2D eigenvalue weighted by atomic mass is 10.2. The Labute approximate surface area is 148 Å². The molecule has 0 aromatic heterocycles. The van der Waals surface area contributed by atoms with Gasteiger partial charge in [-0.05, 0) is 36.6 Å². The van der Waals surface area contributed by atoms with Gasteiger partial charge in [-0.2, -0.15) is 17.0 Å². The van der Waals surface area contributed by atoms with Crippen LogP contribution in [0.4, 0.5) is 11.4 Å². The summed E-state index contributed by atoms with van der Waals surface area (Å²) in [6.07, 6.45) is 3.33. The minimum atomic E-state index is -1.05. The highest BCUT2D eigenvalue weighted by molar-refractivity contribution is 7.98. The van der Waals surface area contributed by atoms with E-state index in [4.69, 9.17) is 27.7 Å². The van der Waals surface area contributed by atoms with Gasteiger partial charge in [-0.25, -0.2) is 4.79 Å². The van der Waals surface area contributed by atoms with Crippen LogP contribution >= 0.6 is 23.4 Å². The largest absolute Gasteiger partial charge is 0.480 e. The van der Waals surface area contributed by atoms with Crippen LogP contribution in [0, 0.1) is 11.3 Å². The number of hydrogen-bond donors (Lipinski definition) is 4. The Morgan fingerprint density at radius 2 is 2.25 bits per heavy atom. The third-order valence-electron chi connectivity index (χ3n) is 2.96. The van der Waals surface area contributed by atoms with Crippen molar-refractivity contribution in [3.63, 3.8) is 0 Å². The summed E-state index contributed by atoms with van der Waals surface area (Å²) < 4.78 is 0. The third kappa shape index (κ3) is 6.02. The average Bonchev–Trinajstić information content (AvgIpc) is 2.54. The van der Waals surface area contributed by atoms with Crippen LogP contribution in [-0.4, -0.2) is 35.0 Å².